The maximum Gasteiger partial charge on any atom is 0.0799 e. The quantitative estimate of drug-likeness (QED) is 0.119. The van der Waals surface area contributed by atoms with Crippen molar-refractivity contribution in [3.05, 3.63) is 163 Å². The van der Waals surface area contributed by atoms with Crippen LogP contribution in [0, 0.1) is 12.1 Å². The van der Waals surface area contributed by atoms with Crippen LogP contribution in [-0.4, -0.2) is 18.0 Å². The molecule has 45 heavy (non-hydrogen) atoms. The predicted octanol–water partition coefficient (Wildman–Crippen LogP) is 10.0. The van der Waals surface area contributed by atoms with Crippen molar-refractivity contribution < 1.29 is 20.1 Å². The zero-order valence-electron chi connectivity index (χ0n) is 26.7. The standard InChI is InChI=1S/C23H26NSi.C18H14N.Ir/c1-17(2)21-15-22(24-16-23(21)25(3,4)5)20-13-9-12-19(14-20)18-10-7-6-8-11-18;1-2-7-15(8-3-1)13-16-9-6-10-17(14-16)18-11-4-5-12-19-18;/h6-12,14-17H,1-5H3;1-9,11-12,14H,13H2;/q2*-1;. The summed E-state index contributed by atoms with van der Waals surface area (Å²) in [5.74, 6) is 0.501. The van der Waals surface area contributed by atoms with Crippen molar-refractivity contribution in [3.63, 3.8) is 0 Å². The second-order valence-electron chi connectivity index (χ2n) is 12.4. The van der Waals surface area contributed by atoms with Gasteiger partial charge in [-0.1, -0.05) is 118 Å². The van der Waals surface area contributed by atoms with Gasteiger partial charge in [-0.15, -0.1) is 70.8 Å². The van der Waals surface area contributed by atoms with Gasteiger partial charge >= 0.3 is 0 Å². The van der Waals surface area contributed by atoms with Gasteiger partial charge in [0.15, 0.2) is 0 Å². The van der Waals surface area contributed by atoms with E-state index < -0.39 is 8.07 Å². The van der Waals surface area contributed by atoms with E-state index in [2.05, 4.69) is 136 Å². The fourth-order valence-electron chi connectivity index (χ4n) is 5.27. The zero-order valence-corrected chi connectivity index (χ0v) is 30.1. The Morgan fingerprint density at radius 2 is 1.27 bits per heavy atom. The molecule has 2 heterocycles. The Kier molecular flexibility index (Phi) is 12.0. The Bertz CT molecular complexity index is 1780. The normalized spacial score (nSPS) is 10.9. The minimum atomic E-state index is -1.40. The molecule has 0 bridgehead atoms. The van der Waals surface area contributed by atoms with Gasteiger partial charge in [-0.25, -0.2) is 0 Å². The molecule has 0 fully saturated rings. The van der Waals surface area contributed by atoms with Crippen LogP contribution >= 0.6 is 0 Å². The molecule has 0 saturated heterocycles. The Morgan fingerprint density at radius 3 is 1.91 bits per heavy atom. The van der Waals surface area contributed by atoms with Gasteiger partial charge in [0.1, 0.15) is 0 Å². The molecular formula is C41H40IrN2Si-2. The summed E-state index contributed by atoms with van der Waals surface area (Å²) in [6, 6.07) is 48.3. The third kappa shape index (κ3) is 9.28. The molecule has 0 N–H and O–H groups in total. The third-order valence-electron chi connectivity index (χ3n) is 7.61. The van der Waals surface area contributed by atoms with Gasteiger partial charge in [0, 0.05) is 32.5 Å². The molecule has 0 aliphatic carbocycles. The SMILES string of the molecule is CC(C)c1cc(-c2[c-]ccc(-c3ccccc3)c2)ncc1[Si](C)(C)C.[Ir].[c-]1ccc(Cc2ccccc2)cc1-c1ccccn1. The van der Waals surface area contributed by atoms with E-state index in [4.69, 9.17) is 4.98 Å². The average Bonchev–Trinajstić information content (AvgIpc) is 3.06. The van der Waals surface area contributed by atoms with Gasteiger partial charge in [-0.05, 0) is 46.1 Å². The van der Waals surface area contributed by atoms with Crippen LogP contribution in [0.25, 0.3) is 33.6 Å². The van der Waals surface area contributed by atoms with Crippen molar-refractivity contribution in [2.45, 2.75) is 45.8 Å². The van der Waals surface area contributed by atoms with Crippen molar-refractivity contribution in [1.82, 2.24) is 9.97 Å². The van der Waals surface area contributed by atoms with Crippen LogP contribution < -0.4 is 5.19 Å². The van der Waals surface area contributed by atoms with Crippen molar-refractivity contribution in [2.75, 3.05) is 0 Å². The molecule has 2 nitrogen and oxygen atoms in total. The third-order valence-corrected chi connectivity index (χ3v) is 9.64. The molecule has 0 aliphatic heterocycles. The summed E-state index contributed by atoms with van der Waals surface area (Å²) < 4.78 is 0. The zero-order chi connectivity index (χ0) is 30.9. The molecule has 6 aromatic rings. The van der Waals surface area contributed by atoms with Crippen molar-refractivity contribution in [2.24, 2.45) is 0 Å². The minimum absolute atomic E-state index is 0. The van der Waals surface area contributed by atoms with E-state index in [1.165, 1.54) is 33.0 Å². The van der Waals surface area contributed by atoms with E-state index >= 15 is 0 Å². The molecule has 0 unspecified atom stereocenters. The second-order valence-corrected chi connectivity index (χ2v) is 17.4. The van der Waals surface area contributed by atoms with E-state index in [-0.39, 0.29) is 20.1 Å². The summed E-state index contributed by atoms with van der Waals surface area (Å²) in [7, 11) is -1.40. The molecule has 4 heteroatoms. The maximum absolute atomic E-state index is 4.80. The van der Waals surface area contributed by atoms with E-state index in [1.54, 1.807) is 0 Å². The van der Waals surface area contributed by atoms with Gasteiger partial charge in [0.25, 0.3) is 0 Å². The Morgan fingerprint density at radius 1 is 0.622 bits per heavy atom. The van der Waals surface area contributed by atoms with Crippen LogP contribution in [0.5, 0.6) is 0 Å². The number of hydrogen-bond donors (Lipinski definition) is 0. The number of pyridine rings is 2. The van der Waals surface area contributed by atoms with E-state index in [1.807, 2.05) is 48.7 Å². The Labute approximate surface area is 284 Å². The van der Waals surface area contributed by atoms with Crippen LogP contribution in [-0.2, 0) is 26.5 Å². The van der Waals surface area contributed by atoms with Gasteiger partial charge in [-0.3, -0.25) is 0 Å². The van der Waals surface area contributed by atoms with Crippen LogP contribution in [0.15, 0.2) is 134 Å². The van der Waals surface area contributed by atoms with Crippen molar-refractivity contribution >= 4 is 13.3 Å². The predicted molar refractivity (Wildman–Crippen MR) is 189 cm³/mol. The first kappa shape index (κ1) is 33.9. The number of hydrogen-bond acceptors (Lipinski definition) is 2. The molecule has 4 aromatic carbocycles. The molecule has 229 valence electrons. The summed E-state index contributed by atoms with van der Waals surface area (Å²) in [5, 5.41) is 1.46. The van der Waals surface area contributed by atoms with Gasteiger partial charge in [0.05, 0.1) is 8.07 Å². The molecule has 0 aliphatic rings. The Balaban J connectivity index is 0.000000207. The molecule has 0 amide bonds. The van der Waals surface area contributed by atoms with Gasteiger partial charge < -0.3 is 9.97 Å². The fourth-order valence-corrected chi connectivity index (χ4v) is 6.95. The summed E-state index contributed by atoms with van der Waals surface area (Å²) in [6.07, 6.45) is 4.86. The summed E-state index contributed by atoms with van der Waals surface area (Å²) in [4.78, 5) is 9.16. The molecule has 0 saturated carbocycles. The number of nitrogens with zero attached hydrogens (tertiary/aromatic N) is 2. The first-order chi connectivity index (χ1) is 21.3. The topological polar surface area (TPSA) is 25.8 Å². The van der Waals surface area contributed by atoms with Gasteiger partial charge in [-0.2, -0.15) is 0 Å². The summed E-state index contributed by atoms with van der Waals surface area (Å²) in [5.41, 5.74) is 10.6. The second kappa shape index (κ2) is 15.9. The monoisotopic (exact) mass is 781 g/mol. The number of benzene rings is 4. The molecule has 2 aromatic heterocycles. The smallest absolute Gasteiger partial charge is 0.0799 e. The first-order valence-electron chi connectivity index (χ1n) is 15.3. The Hall–Kier alpha value is -3.95. The van der Waals surface area contributed by atoms with Crippen molar-refractivity contribution in [1.29, 1.82) is 0 Å². The van der Waals surface area contributed by atoms with Crippen molar-refractivity contribution in [3.8, 4) is 33.6 Å². The summed E-state index contributed by atoms with van der Waals surface area (Å²) >= 11 is 0. The molecule has 6 rings (SSSR count). The summed E-state index contributed by atoms with van der Waals surface area (Å²) in [6.45, 7) is 11.7. The molecular weight excluding hydrogens is 741 g/mol. The molecule has 1 radical (unpaired) electrons. The number of rotatable bonds is 7. The van der Waals surface area contributed by atoms with E-state index in [0.29, 0.717) is 5.92 Å². The van der Waals surface area contributed by atoms with Crippen LogP contribution in [0.1, 0.15) is 36.5 Å². The average molecular weight is 781 g/mol. The van der Waals surface area contributed by atoms with Crippen LogP contribution in [0.2, 0.25) is 19.6 Å². The number of aromatic nitrogens is 2. The molecule has 0 atom stereocenters. The largest absolute Gasteiger partial charge is 0.305 e. The van der Waals surface area contributed by atoms with Gasteiger partial charge in [0.2, 0.25) is 0 Å². The van der Waals surface area contributed by atoms with Crippen LogP contribution in [0.3, 0.4) is 0 Å². The first-order valence-corrected chi connectivity index (χ1v) is 18.8. The maximum atomic E-state index is 4.80. The molecule has 0 spiro atoms. The van der Waals surface area contributed by atoms with E-state index in [0.717, 1.165) is 28.9 Å². The van der Waals surface area contributed by atoms with E-state index in [9.17, 15) is 0 Å². The van der Waals surface area contributed by atoms with Crippen LogP contribution in [0.4, 0.5) is 0 Å². The fraction of sp³-hybridized carbons (Fsp3) is 0.171. The minimum Gasteiger partial charge on any atom is -0.305 e.